The van der Waals surface area contributed by atoms with E-state index in [0.717, 1.165) is 0 Å². The summed E-state index contributed by atoms with van der Waals surface area (Å²) in [5.41, 5.74) is -1.99. The molecule has 0 aromatic rings. The molecular formula is C15H24O2. The van der Waals surface area contributed by atoms with Gasteiger partial charge in [0.25, 0.3) is 0 Å². The molecule has 0 amide bonds. The molecular weight excluding hydrogens is 212 g/mol. The number of aliphatic hydroxyl groups is 2. The molecule has 0 unspecified atom stereocenters. The SMILES string of the molecule is C=CCC(O)(CC=C)CC(O)(CC=C)CC=C. The zero-order valence-electron chi connectivity index (χ0n) is 10.6. The van der Waals surface area contributed by atoms with Crippen LogP contribution in [0.5, 0.6) is 0 Å². The lowest BCUT2D eigenvalue weighted by Gasteiger charge is -2.35. The summed E-state index contributed by atoms with van der Waals surface area (Å²) in [4.78, 5) is 0. The smallest absolute Gasteiger partial charge is 0.0743 e. The average Bonchev–Trinajstić information content (AvgIpc) is 2.17. The van der Waals surface area contributed by atoms with Crippen LogP contribution in [0.3, 0.4) is 0 Å². The van der Waals surface area contributed by atoms with Crippen LogP contribution in [0.25, 0.3) is 0 Å². The first-order chi connectivity index (χ1) is 7.95. The fourth-order valence-electron chi connectivity index (χ4n) is 2.14. The largest absolute Gasteiger partial charge is 0.389 e. The summed E-state index contributed by atoms with van der Waals surface area (Å²) in [5, 5.41) is 20.9. The number of hydrogen-bond acceptors (Lipinski definition) is 2. The van der Waals surface area contributed by atoms with Crippen LogP contribution in [-0.2, 0) is 0 Å². The van der Waals surface area contributed by atoms with Crippen LogP contribution in [0.2, 0.25) is 0 Å². The molecule has 2 N–H and O–H groups in total. The molecule has 0 aromatic heterocycles. The Morgan fingerprint density at radius 2 is 0.882 bits per heavy atom. The Hall–Kier alpha value is -1.12. The molecule has 0 spiro atoms. The molecule has 0 rings (SSSR count). The van der Waals surface area contributed by atoms with Crippen molar-refractivity contribution < 1.29 is 10.2 Å². The summed E-state index contributed by atoms with van der Waals surface area (Å²) in [6.45, 7) is 14.5. The van der Waals surface area contributed by atoms with Crippen LogP contribution in [-0.4, -0.2) is 21.4 Å². The summed E-state index contributed by atoms with van der Waals surface area (Å²) in [7, 11) is 0. The van der Waals surface area contributed by atoms with Gasteiger partial charge in [0, 0.05) is 6.42 Å². The fourth-order valence-corrected chi connectivity index (χ4v) is 2.14. The molecule has 0 aliphatic heterocycles. The van der Waals surface area contributed by atoms with Crippen molar-refractivity contribution >= 4 is 0 Å². The fraction of sp³-hybridized carbons (Fsp3) is 0.467. The van der Waals surface area contributed by atoms with Crippen molar-refractivity contribution in [2.75, 3.05) is 0 Å². The maximum Gasteiger partial charge on any atom is 0.0743 e. The van der Waals surface area contributed by atoms with Crippen LogP contribution < -0.4 is 0 Å². The van der Waals surface area contributed by atoms with E-state index in [1.54, 1.807) is 24.3 Å². The predicted molar refractivity (Wildman–Crippen MR) is 73.8 cm³/mol. The van der Waals surface area contributed by atoms with Gasteiger partial charge in [0.05, 0.1) is 11.2 Å². The van der Waals surface area contributed by atoms with Crippen molar-refractivity contribution in [2.24, 2.45) is 0 Å². The second-order valence-electron chi connectivity index (χ2n) is 4.60. The zero-order valence-corrected chi connectivity index (χ0v) is 10.6. The molecule has 0 fully saturated rings. The Kier molecular flexibility index (Phi) is 6.78. The molecule has 0 radical (unpaired) electrons. The van der Waals surface area contributed by atoms with E-state index in [2.05, 4.69) is 26.3 Å². The molecule has 0 aliphatic carbocycles. The van der Waals surface area contributed by atoms with Gasteiger partial charge in [-0.25, -0.2) is 0 Å². The standard InChI is InChI=1S/C15H24O2/c1-5-9-14(16,10-6-2)13-15(17,11-7-3)12-8-4/h5-8,16-17H,1-4,9-13H2. The monoisotopic (exact) mass is 236 g/mol. The minimum absolute atomic E-state index is 0.260. The van der Waals surface area contributed by atoms with E-state index in [9.17, 15) is 10.2 Å². The van der Waals surface area contributed by atoms with Gasteiger partial charge in [-0.2, -0.15) is 0 Å². The summed E-state index contributed by atoms with van der Waals surface area (Å²) >= 11 is 0. The number of rotatable bonds is 10. The van der Waals surface area contributed by atoms with Crippen LogP contribution in [0.1, 0.15) is 32.1 Å². The Balaban J connectivity index is 4.88. The van der Waals surface area contributed by atoms with Crippen molar-refractivity contribution in [3.8, 4) is 0 Å². The molecule has 0 bridgehead atoms. The zero-order chi connectivity index (χ0) is 13.4. The first-order valence-electron chi connectivity index (χ1n) is 5.83. The third kappa shape index (κ3) is 5.66. The van der Waals surface area contributed by atoms with Crippen LogP contribution >= 0.6 is 0 Å². The second kappa shape index (κ2) is 7.25. The van der Waals surface area contributed by atoms with Crippen molar-refractivity contribution in [3.63, 3.8) is 0 Å². The number of hydrogen-bond donors (Lipinski definition) is 2. The van der Waals surface area contributed by atoms with Gasteiger partial charge in [0.2, 0.25) is 0 Å². The first kappa shape index (κ1) is 15.9. The van der Waals surface area contributed by atoms with Gasteiger partial charge in [-0.15, -0.1) is 26.3 Å². The van der Waals surface area contributed by atoms with E-state index in [1.165, 1.54) is 0 Å². The van der Waals surface area contributed by atoms with Crippen LogP contribution in [0, 0.1) is 0 Å². The van der Waals surface area contributed by atoms with Crippen molar-refractivity contribution in [1.29, 1.82) is 0 Å². The quantitative estimate of drug-likeness (QED) is 0.572. The van der Waals surface area contributed by atoms with E-state index >= 15 is 0 Å². The van der Waals surface area contributed by atoms with E-state index in [-0.39, 0.29) is 6.42 Å². The van der Waals surface area contributed by atoms with E-state index in [4.69, 9.17) is 0 Å². The van der Waals surface area contributed by atoms with Crippen molar-refractivity contribution in [2.45, 2.75) is 43.3 Å². The summed E-state index contributed by atoms with van der Waals surface area (Å²) < 4.78 is 0. The minimum atomic E-state index is -0.996. The second-order valence-corrected chi connectivity index (χ2v) is 4.60. The molecule has 0 saturated carbocycles. The molecule has 2 heteroatoms. The van der Waals surface area contributed by atoms with Crippen LogP contribution in [0.4, 0.5) is 0 Å². The normalized spacial score (nSPS) is 11.9. The lowest BCUT2D eigenvalue weighted by Crippen LogP contribution is -2.40. The van der Waals surface area contributed by atoms with Crippen LogP contribution in [0.15, 0.2) is 50.6 Å². The van der Waals surface area contributed by atoms with Gasteiger partial charge in [-0.3, -0.25) is 0 Å². The molecule has 0 aromatic carbocycles. The Morgan fingerprint density at radius 3 is 1.06 bits per heavy atom. The van der Waals surface area contributed by atoms with Gasteiger partial charge < -0.3 is 10.2 Å². The van der Waals surface area contributed by atoms with E-state index in [1.807, 2.05) is 0 Å². The molecule has 96 valence electrons. The molecule has 0 aliphatic rings. The lowest BCUT2D eigenvalue weighted by molar-refractivity contribution is -0.0585. The van der Waals surface area contributed by atoms with Gasteiger partial charge >= 0.3 is 0 Å². The molecule has 0 saturated heterocycles. The summed E-state index contributed by atoms with van der Waals surface area (Å²) in [5.74, 6) is 0. The van der Waals surface area contributed by atoms with E-state index in [0.29, 0.717) is 25.7 Å². The van der Waals surface area contributed by atoms with E-state index < -0.39 is 11.2 Å². The average molecular weight is 236 g/mol. The third-order valence-electron chi connectivity index (χ3n) is 2.76. The third-order valence-corrected chi connectivity index (χ3v) is 2.76. The highest BCUT2D eigenvalue weighted by Crippen LogP contribution is 2.32. The maximum absolute atomic E-state index is 10.4. The van der Waals surface area contributed by atoms with Gasteiger partial charge in [0.15, 0.2) is 0 Å². The molecule has 0 atom stereocenters. The van der Waals surface area contributed by atoms with Gasteiger partial charge in [-0.1, -0.05) is 24.3 Å². The maximum atomic E-state index is 10.4. The Morgan fingerprint density at radius 1 is 0.647 bits per heavy atom. The van der Waals surface area contributed by atoms with Crippen molar-refractivity contribution in [1.82, 2.24) is 0 Å². The molecule has 0 heterocycles. The Bertz CT molecular complexity index is 231. The molecule has 2 nitrogen and oxygen atoms in total. The predicted octanol–water partition coefficient (Wildman–Crippen LogP) is 3.14. The summed E-state index contributed by atoms with van der Waals surface area (Å²) in [6.07, 6.45) is 8.60. The highest BCUT2D eigenvalue weighted by Gasteiger charge is 2.35. The first-order valence-corrected chi connectivity index (χ1v) is 5.83. The van der Waals surface area contributed by atoms with Gasteiger partial charge in [-0.05, 0) is 25.7 Å². The molecule has 17 heavy (non-hydrogen) atoms. The van der Waals surface area contributed by atoms with Gasteiger partial charge in [0.1, 0.15) is 0 Å². The topological polar surface area (TPSA) is 40.5 Å². The Labute approximate surface area is 105 Å². The highest BCUT2D eigenvalue weighted by atomic mass is 16.3. The minimum Gasteiger partial charge on any atom is -0.389 e. The highest BCUT2D eigenvalue weighted by molar-refractivity contribution is 5.01. The van der Waals surface area contributed by atoms with Crippen molar-refractivity contribution in [3.05, 3.63) is 50.6 Å². The summed E-state index contributed by atoms with van der Waals surface area (Å²) in [6, 6.07) is 0. The lowest BCUT2D eigenvalue weighted by atomic mass is 9.79.